The molecule has 0 aromatic carbocycles. The van der Waals surface area contributed by atoms with Crippen LogP contribution in [0.2, 0.25) is 0 Å². The molecule has 15 heavy (non-hydrogen) atoms. The van der Waals surface area contributed by atoms with Gasteiger partial charge in [-0.3, -0.25) is 4.79 Å². The van der Waals surface area contributed by atoms with E-state index in [0.717, 1.165) is 50.3 Å². The maximum atomic E-state index is 10.2. The van der Waals surface area contributed by atoms with E-state index in [-0.39, 0.29) is 6.42 Å². The summed E-state index contributed by atoms with van der Waals surface area (Å²) in [5.41, 5.74) is 0. The van der Waals surface area contributed by atoms with E-state index in [1.54, 1.807) is 0 Å². The summed E-state index contributed by atoms with van der Waals surface area (Å²) < 4.78 is 0. The standard InChI is InChI=1S/C10H18O4S/c11-9(12)7-5-3-1-2-4-6-8-15-10(13)14/h1-8H2,(H,11,12)(H,13,14). The van der Waals surface area contributed by atoms with E-state index in [1.165, 1.54) is 0 Å². The molecule has 4 nitrogen and oxygen atoms in total. The van der Waals surface area contributed by atoms with Crippen molar-refractivity contribution in [2.24, 2.45) is 0 Å². The Morgan fingerprint density at radius 3 is 1.93 bits per heavy atom. The van der Waals surface area contributed by atoms with Crippen LogP contribution in [0.4, 0.5) is 4.79 Å². The van der Waals surface area contributed by atoms with Crippen LogP contribution in [0.5, 0.6) is 0 Å². The van der Waals surface area contributed by atoms with E-state index in [1.807, 2.05) is 0 Å². The van der Waals surface area contributed by atoms with Crippen molar-refractivity contribution >= 4 is 23.0 Å². The molecule has 0 spiro atoms. The summed E-state index contributed by atoms with van der Waals surface area (Å²) in [4.78, 5) is 20.3. The van der Waals surface area contributed by atoms with Crippen LogP contribution in [0.15, 0.2) is 0 Å². The van der Waals surface area contributed by atoms with Crippen molar-refractivity contribution in [1.82, 2.24) is 0 Å². The van der Waals surface area contributed by atoms with Crippen LogP contribution in [0, 0.1) is 0 Å². The highest BCUT2D eigenvalue weighted by Crippen LogP contribution is 2.10. The average molecular weight is 234 g/mol. The minimum absolute atomic E-state index is 0.259. The van der Waals surface area contributed by atoms with Crippen LogP contribution in [-0.4, -0.2) is 27.2 Å². The van der Waals surface area contributed by atoms with Gasteiger partial charge in [-0.25, -0.2) is 4.79 Å². The Morgan fingerprint density at radius 1 is 0.867 bits per heavy atom. The van der Waals surface area contributed by atoms with Crippen LogP contribution in [0.1, 0.15) is 44.9 Å². The highest BCUT2D eigenvalue weighted by atomic mass is 32.2. The van der Waals surface area contributed by atoms with Crippen LogP contribution in [0.25, 0.3) is 0 Å². The van der Waals surface area contributed by atoms with Crippen molar-refractivity contribution in [2.45, 2.75) is 44.9 Å². The summed E-state index contributed by atoms with van der Waals surface area (Å²) in [7, 11) is 0. The Kier molecular flexibility index (Phi) is 9.36. The molecule has 0 saturated carbocycles. The summed E-state index contributed by atoms with van der Waals surface area (Å²) in [6.45, 7) is 0. The zero-order valence-corrected chi connectivity index (χ0v) is 9.59. The number of carboxylic acids is 1. The predicted molar refractivity (Wildman–Crippen MR) is 60.4 cm³/mol. The van der Waals surface area contributed by atoms with Gasteiger partial charge >= 0.3 is 11.3 Å². The molecule has 0 saturated heterocycles. The van der Waals surface area contributed by atoms with Crippen LogP contribution >= 0.6 is 11.8 Å². The van der Waals surface area contributed by atoms with Gasteiger partial charge in [-0.1, -0.05) is 25.7 Å². The van der Waals surface area contributed by atoms with Gasteiger partial charge in [0.15, 0.2) is 0 Å². The van der Waals surface area contributed by atoms with Crippen molar-refractivity contribution in [2.75, 3.05) is 5.75 Å². The van der Waals surface area contributed by atoms with Gasteiger partial charge in [-0.05, 0) is 24.6 Å². The Morgan fingerprint density at radius 2 is 1.40 bits per heavy atom. The molecule has 0 aliphatic carbocycles. The van der Waals surface area contributed by atoms with E-state index in [4.69, 9.17) is 10.2 Å². The summed E-state index contributed by atoms with van der Waals surface area (Å²) in [6.07, 6.45) is 6.04. The average Bonchev–Trinajstić information content (AvgIpc) is 2.14. The Hall–Kier alpha value is -0.710. The molecule has 0 atom stereocenters. The molecule has 2 N–H and O–H groups in total. The quantitative estimate of drug-likeness (QED) is 0.599. The van der Waals surface area contributed by atoms with E-state index in [2.05, 4.69) is 0 Å². The lowest BCUT2D eigenvalue weighted by molar-refractivity contribution is -0.137. The fraction of sp³-hybridized carbons (Fsp3) is 0.800. The van der Waals surface area contributed by atoms with Gasteiger partial charge in [0.2, 0.25) is 0 Å². The van der Waals surface area contributed by atoms with Crippen LogP contribution < -0.4 is 0 Å². The SMILES string of the molecule is O=C(O)CCCCCCCCSC(=O)O. The first-order chi connectivity index (χ1) is 7.13. The molecule has 0 aliphatic rings. The van der Waals surface area contributed by atoms with E-state index < -0.39 is 11.3 Å². The highest BCUT2D eigenvalue weighted by Gasteiger charge is 1.98. The number of thioether (sulfide) groups is 1. The Labute approximate surface area is 94.1 Å². The third-order valence-corrected chi connectivity index (χ3v) is 2.75. The number of carbonyl (C=O) groups is 2. The molecule has 5 heteroatoms. The van der Waals surface area contributed by atoms with Gasteiger partial charge in [0.05, 0.1) is 0 Å². The molecule has 0 rings (SSSR count). The fourth-order valence-electron chi connectivity index (χ4n) is 1.24. The molecule has 0 heterocycles. The van der Waals surface area contributed by atoms with Crippen LogP contribution in [0.3, 0.4) is 0 Å². The predicted octanol–water partition coefficient (Wildman–Crippen LogP) is 3.21. The van der Waals surface area contributed by atoms with Crippen molar-refractivity contribution in [3.05, 3.63) is 0 Å². The minimum atomic E-state index is -0.809. The first kappa shape index (κ1) is 14.3. The van der Waals surface area contributed by atoms with E-state index in [9.17, 15) is 9.59 Å². The summed E-state index contributed by atoms with van der Waals surface area (Å²) in [5, 5.41) is 15.9. The highest BCUT2D eigenvalue weighted by molar-refractivity contribution is 8.13. The second kappa shape index (κ2) is 9.83. The number of aliphatic carboxylic acids is 1. The number of unbranched alkanes of at least 4 members (excludes halogenated alkanes) is 5. The van der Waals surface area contributed by atoms with Crippen LogP contribution in [-0.2, 0) is 4.79 Å². The second-order valence-electron chi connectivity index (χ2n) is 3.38. The van der Waals surface area contributed by atoms with E-state index >= 15 is 0 Å². The Balaban J connectivity index is 2.99. The van der Waals surface area contributed by atoms with Gasteiger partial charge in [-0.2, -0.15) is 0 Å². The lowest BCUT2D eigenvalue weighted by atomic mass is 10.1. The van der Waals surface area contributed by atoms with Gasteiger partial charge in [0, 0.05) is 12.2 Å². The summed E-state index contributed by atoms with van der Waals surface area (Å²) >= 11 is 0.942. The van der Waals surface area contributed by atoms with Gasteiger partial charge in [0.25, 0.3) is 0 Å². The largest absolute Gasteiger partial charge is 0.481 e. The molecule has 0 aliphatic heterocycles. The number of hydrogen-bond donors (Lipinski definition) is 2. The summed E-state index contributed by atoms with van der Waals surface area (Å²) in [6, 6.07) is 0. The number of hydrogen-bond acceptors (Lipinski definition) is 3. The van der Waals surface area contributed by atoms with Crippen molar-refractivity contribution in [3.63, 3.8) is 0 Å². The molecule has 0 unspecified atom stereocenters. The topological polar surface area (TPSA) is 74.6 Å². The molecule has 0 fully saturated rings. The van der Waals surface area contributed by atoms with Gasteiger partial charge in [0.1, 0.15) is 0 Å². The number of rotatable bonds is 9. The van der Waals surface area contributed by atoms with Crippen molar-refractivity contribution in [1.29, 1.82) is 0 Å². The second-order valence-corrected chi connectivity index (χ2v) is 4.43. The maximum absolute atomic E-state index is 10.2. The molecule has 88 valence electrons. The zero-order valence-electron chi connectivity index (χ0n) is 8.78. The molecular formula is C10H18O4S. The van der Waals surface area contributed by atoms with E-state index in [0.29, 0.717) is 5.75 Å². The van der Waals surface area contributed by atoms with Gasteiger partial charge in [-0.15, -0.1) is 0 Å². The molecular weight excluding hydrogens is 216 g/mol. The van der Waals surface area contributed by atoms with Crippen molar-refractivity contribution in [3.8, 4) is 0 Å². The molecule has 0 amide bonds. The normalized spacial score (nSPS) is 10.1. The first-order valence-corrected chi connectivity index (χ1v) is 6.19. The third kappa shape index (κ3) is 13.3. The third-order valence-electron chi connectivity index (χ3n) is 2.01. The first-order valence-electron chi connectivity index (χ1n) is 5.20. The smallest absolute Gasteiger partial charge is 0.364 e. The monoisotopic (exact) mass is 234 g/mol. The lowest BCUT2D eigenvalue weighted by Crippen LogP contribution is -1.93. The molecule has 0 aromatic rings. The van der Waals surface area contributed by atoms with Crippen molar-refractivity contribution < 1.29 is 19.8 Å². The molecule has 0 aromatic heterocycles. The zero-order chi connectivity index (χ0) is 11.5. The minimum Gasteiger partial charge on any atom is -0.481 e. The maximum Gasteiger partial charge on any atom is 0.364 e. The number of carboxylic acid groups (broad SMARTS) is 2. The Bertz CT molecular complexity index is 174. The van der Waals surface area contributed by atoms with Gasteiger partial charge < -0.3 is 10.2 Å². The molecule has 0 radical (unpaired) electrons. The fourth-order valence-corrected chi connectivity index (χ4v) is 1.77. The molecule has 0 bridgehead atoms. The summed E-state index contributed by atoms with van der Waals surface area (Å²) in [5.74, 6) is -0.0577. The lowest BCUT2D eigenvalue weighted by Gasteiger charge is -1.99.